The number of aromatic hydroxyl groups is 1. The van der Waals surface area contributed by atoms with Crippen LogP contribution in [0.15, 0.2) is 72.0 Å². The predicted octanol–water partition coefficient (Wildman–Crippen LogP) is 2.97. The molecule has 192 valence electrons. The Hall–Kier alpha value is -3.75. The molecule has 1 fully saturated rings. The van der Waals surface area contributed by atoms with Crippen molar-refractivity contribution in [2.75, 3.05) is 19.6 Å². The van der Waals surface area contributed by atoms with E-state index in [2.05, 4.69) is 32.3 Å². The van der Waals surface area contributed by atoms with E-state index in [4.69, 9.17) is 4.74 Å². The second kappa shape index (κ2) is 11.5. The van der Waals surface area contributed by atoms with Crippen molar-refractivity contribution < 1.29 is 19.7 Å². The van der Waals surface area contributed by atoms with E-state index in [1.54, 1.807) is 30.5 Å². The van der Waals surface area contributed by atoms with Gasteiger partial charge in [-0.05, 0) is 84.5 Å². The average molecular weight is 501 g/mol. The SMILES string of the molecule is O=C(NC[C@@H](O)C1Cc2ccc(O)cc2C=N1)c1ccc(OC2CCN(Cc3ccncc3)CC2)cc1. The predicted molar refractivity (Wildman–Crippen MR) is 141 cm³/mol. The zero-order chi connectivity index (χ0) is 25.6. The molecule has 2 aromatic carbocycles. The van der Waals surface area contributed by atoms with Gasteiger partial charge in [0.05, 0.1) is 12.1 Å². The molecule has 2 aliphatic rings. The van der Waals surface area contributed by atoms with Gasteiger partial charge in [0.15, 0.2) is 0 Å². The quantitative estimate of drug-likeness (QED) is 0.439. The van der Waals surface area contributed by atoms with Crippen LogP contribution in [0, 0.1) is 0 Å². The zero-order valence-electron chi connectivity index (χ0n) is 20.7. The van der Waals surface area contributed by atoms with E-state index in [1.807, 2.05) is 30.6 Å². The Balaban J connectivity index is 1.05. The van der Waals surface area contributed by atoms with Gasteiger partial charge in [-0.2, -0.15) is 0 Å². The fourth-order valence-corrected chi connectivity index (χ4v) is 4.82. The lowest BCUT2D eigenvalue weighted by Gasteiger charge is -2.32. The van der Waals surface area contributed by atoms with E-state index in [-0.39, 0.29) is 30.3 Å². The van der Waals surface area contributed by atoms with Crippen molar-refractivity contribution in [2.24, 2.45) is 4.99 Å². The number of piperidine rings is 1. The minimum absolute atomic E-state index is 0.102. The first-order valence-electron chi connectivity index (χ1n) is 12.7. The van der Waals surface area contributed by atoms with Gasteiger partial charge in [0, 0.05) is 50.4 Å². The van der Waals surface area contributed by atoms with Gasteiger partial charge in [-0.3, -0.25) is 19.7 Å². The number of aliphatic imine (C=N–C) groups is 1. The lowest BCUT2D eigenvalue weighted by Crippen LogP contribution is -2.40. The molecule has 0 aliphatic carbocycles. The van der Waals surface area contributed by atoms with E-state index in [9.17, 15) is 15.0 Å². The van der Waals surface area contributed by atoms with Crippen molar-refractivity contribution in [1.29, 1.82) is 0 Å². The number of amides is 1. The lowest BCUT2D eigenvalue weighted by molar-refractivity contribution is 0.0896. The normalized spacial score (nSPS) is 18.7. The molecular weight excluding hydrogens is 468 g/mol. The summed E-state index contributed by atoms with van der Waals surface area (Å²) in [6.45, 7) is 2.99. The number of hydrogen-bond donors (Lipinski definition) is 3. The van der Waals surface area contributed by atoms with Crippen molar-refractivity contribution in [1.82, 2.24) is 15.2 Å². The lowest BCUT2D eigenvalue weighted by atomic mass is 9.95. The first kappa shape index (κ1) is 24.9. The summed E-state index contributed by atoms with van der Waals surface area (Å²) >= 11 is 0. The van der Waals surface area contributed by atoms with Crippen LogP contribution in [-0.4, -0.2) is 70.1 Å². The van der Waals surface area contributed by atoms with E-state index >= 15 is 0 Å². The number of benzene rings is 2. The number of rotatable bonds is 8. The monoisotopic (exact) mass is 500 g/mol. The van der Waals surface area contributed by atoms with Crippen LogP contribution in [0.25, 0.3) is 0 Å². The van der Waals surface area contributed by atoms with Gasteiger partial charge in [-0.15, -0.1) is 0 Å². The van der Waals surface area contributed by atoms with Crippen LogP contribution in [0.4, 0.5) is 0 Å². The van der Waals surface area contributed by atoms with Crippen molar-refractivity contribution in [2.45, 2.75) is 44.1 Å². The van der Waals surface area contributed by atoms with Crippen molar-refractivity contribution in [3.63, 3.8) is 0 Å². The molecule has 0 radical (unpaired) electrons. The van der Waals surface area contributed by atoms with Crippen LogP contribution < -0.4 is 10.1 Å². The van der Waals surface area contributed by atoms with Crippen molar-refractivity contribution >= 4 is 12.1 Å². The number of nitrogens with one attached hydrogen (secondary N) is 1. The number of carbonyl (C=O) groups excluding carboxylic acids is 1. The Bertz CT molecular complexity index is 1220. The van der Waals surface area contributed by atoms with E-state index in [1.165, 1.54) is 5.56 Å². The number of nitrogens with zero attached hydrogens (tertiary/aromatic N) is 3. The van der Waals surface area contributed by atoms with Gasteiger partial charge in [0.25, 0.3) is 5.91 Å². The number of hydrogen-bond acceptors (Lipinski definition) is 7. The van der Waals surface area contributed by atoms with Gasteiger partial charge in [-0.25, -0.2) is 0 Å². The summed E-state index contributed by atoms with van der Waals surface area (Å²) in [4.78, 5) is 23.5. The number of pyridine rings is 1. The number of phenols is 1. The summed E-state index contributed by atoms with van der Waals surface area (Å²) < 4.78 is 6.16. The van der Waals surface area contributed by atoms with Gasteiger partial charge in [-0.1, -0.05) is 6.07 Å². The van der Waals surface area contributed by atoms with Gasteiger partial charge < -0.3 is 20.3 Å². The second-order valence-corrected chi connectivity index (χ2v) is 9.68. The summed E-state index contributed by atoms with van der Waals surface area (Å²) in [7, 11) is 0. The number of aliphatic hydroxyl groups excluding tert-OH is 1. The highest BCUT2D eigenvalue weighted by atomic mass is 16.5. The molecule has 1 saturated heterocycles. The second-order valence-electron chi connectivity index (χ2n) is 9.68. The highest BCUT2D eigenvalue weighted by Crippen LogP contribution is 2.23. The number of likely N-dealkylation sites (tertiary alicyclic amines) is 1. The topological polar surface area (TPSA) is 107 Å². The molecule has 1 unspecified atom stereocenters. The van der Waals surface area contributed by atoms with E-state index < -0.39 is 6.10 Å². The minimum atomic E-state index is -0.811. The molecule has 3 aromatic rings. The maximum absolute atomic E-state index is 12.6. The molecule has 1 amide bonds. The molecule has 2 atom stereocenters. The maximum Gasteiger partial charge on any atom is 0.251 e. The maximum atomic E-state index is 12.6. The first-order valence-corrected chi connectivity index (χ1v) is 12.7. The van der Waals surface area contributed by atoms with Crippen LogP contribution in [-0.2, 0) is 13.0 Å². The van der Waals surface area contributed by atoms with Gasteiger partial charge in [0.2, 0.25) is 0 Å². The molecule has 2 aliphatic heterocycles. The molecule has 5 rings (SSSR count). The molecule has 1 aromatic heterocycles. The molecule has 3 N–H and O–H groups in total. The largest absolute Gasteiger partial charge is 0.508 e. The number of aliphatic hydroxyl groups is 1. The van der Waals surface area contributed by atoms with Gasteiger partial charge >= 0.3 is 0 Å². The van der Waals surface area contributed by atoms with Crippen LogP contribution in [0.5, 0.6) is 11.5 Å². The average Bonchev–Trinajstić information content (AvgIpc) is 2.93. The summed E-state index contributed by atoms with van der Waals surface area (Å²) in [5.41, 5.74) is 3.65. The summed E-state index contributed by atoms with van der Waals surface area (Å²) in [6, 6.07) is 16.0. The molecule has 0 spiro atoms. The van der Waals surface area contributed by atoms with Crippen LogP contribution >= 0.6 is 0 Å². The highest BCUT2D eigenvalue weighted by molar-refractivity contribution is 5.94. The fraction of sp³-hybridized carbons (Fsp3) is 0.345. The Morgan fingerprint density at radius 1 is 1.08 bits per heavy atom. The third-order valence-corrected chi connectivity index (χ3v) is 6.99. The fourth-order valence-electron chi connectivity index (χ4n) is 4.82. The summed E-state index contributed by atoms with van der Waals surface area (Å²) in [5, 5.41) is 23.0. The van der Waals surface area contributed by atoms with E-state index in [0.717, 1.165) is 49.4 Å². The Kier molecular flexibility index (Phi) is 7.77. The number of carbonyl (C=O) groups is 1. The number of fused-ring (bicyclic) bond motifs is 1. The Labute approximate surface area is 216 Å². The van der Waals surface area contributed by atoms with Crippen molar-refractivity contribution in [3.05, 3.63) is 89.2 Å². The Morgan fingerprint density at radius 3 is 2.59 bits per heavy atom. The molecule has 8 nitrogen and oxygen atoms in total. The molecule has 0 saturated carbocycles. The van der Waals surface area contributed by atoms with Crippen molar-refractivity contribution in [3.8, 4) is 11.5 Å². The molecule has 0 bridgehead atoms. The molecule has 8 heteroatoms. The first-order chi connectivity index (χ1) is 18.0. The summed E-state index contributed by atoms with van der Waals surface area (Å²) in [6.07, 6.45) is 7.14. The van der Waals surface area contributed by atoms with Crippen LogP contribution in [0.2, 0.25) is 0 Å². The van der Waals surface area contributed by atoms with E-state index in [0.29, 0.717) is 12.0 Å². The van der Waals surface area contributed by atoms with Crippen LogP contribution in [0.3, 0.4) is 0 Å². The third kappa shape index (κ3) is 6.53. The molecular formula is C29H32N4O4. The number of aromatic nitrogens is 1. The molecule has 3 heterocycles. The zero-order valence-corrected chi connectivity index (χ0v) is 20.7. The standard InChI is InChI=1S/C29H32N4O4/c34-24-4-1-22-16-27(31-17-23(22)15-24)28(35)18-32-29(36)21-2-5-25(6-3-21)37-26-9-13-33(14-10-26)19-20-7-11-30-12-8-20/h1-8,11-12,15,17,26-28,34-35H,9-10,13-14,16,18-19H2,(H,32,36)/t27?,28-/m1/s1. The third-order valence-electron chi connectivity index (χ3n) is 6.99. The van der Waals surface area contributed by atoms with Gasteiger partial charge in [0.1, 0.15) is 17.6 Å². The smallest absolute Gasteiger partial charge is 0.251 e. The minimum Gasteiger partial charge on any atom is -0.508 e. The molecule has 37 heavy (non-hydrogen) atoms. The number of phenolic OH excluding ortho intramolecular Hbond substituents is 1. The highest BCUT2D eigenvalue weighted by Gasteiger charge is 2.24. The number of ether oxygens (including phenoxy) is 1. The van der Waals surface area contributed by atoms with Crippen LogP contribution in [0.1, 0.15) is 39.9 Å². The summed E-state index contributed by atoms with van der Waals surface area (Å²) in [5.74, 6) is 0.695. The Morgan fingerprint density at radius 2 is 1.84 bits per heavy atom.